The van der Waals surface area contributed by atoms with Gasteiger partial charge in [-0.1, -0.05) is 12.8 Å². The molecule has 0 radical (unpaired) electrons. The first-order valence-corrected chi connectivity index (χ1v) is 7.48. The number of furan rings is 1. The Labute approximate surface area is 107 Å². The Hall–Kier alpha value is -0.890. The zero-order valence-corrected chi connectivity index (χ0v) is 11.1. The summed E-state index contributed by atoms with van der Waals surface area (Å²) in [5, 5.41) is 8.49. The molecule has 4 N–H and O–H groups in total. The average molecular weight is 276 g/mol. The van der Waals surface area contributed by atoms with E-state index < -0.39 is 10.0 Å². The molecule has 0 bridgehead atoms. The van der Waals surface area contributed by atoms with Gasteiger partial charge in [0.2, 0.25) is 5.09 Å². The Bertz CT molecular complexity index is 442. The van der Waals surface area contributed by atoms with E-state index in [2.05, 4.69) is 4.72 Å². The van der Waals surface area contributed by atoms with Gasteiger partial charge in [0.05, 0.1) is 6.54 Å². The molecule has 7 heteroatoms. The second-order valence-corrected chi connectivity index (χ2v) is 5.66. The van der Waals surface area contributed by atoms with Gasteiger partial charge in [-0.2, -0.15) is 0 Å². The average Bonchev–Trinajstić information content (AvgIpc) is 2.83. The third-order valence-electron chi connectivity index (χ3n) is 2.48. The first-order chi connectivity index (χ1) is 8.60. The second-order valence-electron chi connectivity index (χ2n) is 3.96. The molecule has 6 nitrogen and oxygen atoms in total. The van der Waals surface area contributed by atoms with Crippen LogP contribution in [0.2, 0.25) is 0 Å². The molecule has 0 aromatic carbocycles. The van der Waals surface area contributed by atoms with Crippen LogP contribution in [0.4, 0.5) is 0 Å². The van der Waals surface area contributed by atoms with Crippen molar-refractivity contribution in [3.05, 3.63) is 17.9 Å². The summed E-state index contributed by atoms with van der Waals surface area (Å²) in [6, 6.07) is 2.95. The van der Waals surface area contributed by atoms with E-state index in [1.54, 1.807) is 6.07 Å². The van der Waals surface area contributed by atoms with Crippen LogP contribution in [-0.2, 0) is 16.6 Å². The van der Waals surface area contributed by atoms with Gasteiger partial charge < -0.3 is 15.3 Å². The fourth-order valence-corrected chi connectivity index (χ4v) is 2.50. The van der Waals surface area contributed by atoms with Crippen LogP contribution in [0.25, 0.3) is 0 Å². The highest BCUT2D eigenvalue weighted by Crippen LogP contribution is 2.13. The van der Waals surface area contributed by atoms with Crippen molar-refractivity contribution >= 4 is 10.0 Å². The molecule has 0 unspecified atom stereocenters. The lowest BCUT2D eigenvalue weighted by Crippen LogP contribution is -2.24. The molecule has 0 saturated carbocycles. The number of sulfonamides is 1. The molecule has 0 atom stereocenters. The van der Waals surface area contributed by atoms with E-state index in [9.17, 15) is 8.42 Å². The SMILES string of the molecule is NCc1ccc(S(=O)(=O)NCCCCCCO)o1. The lowest BCUT2D eigenvalue weighted by Gasteiger charge is -2.03. The number of nitrogens with one attached hydrogen (secondary N) is 1. The van der Waals surface area contributed by atoms with Crippen LogP contribution in [0.3, 0.4) is 0 Å². The number of hydrogen-bond acceptors (Lipinski definition) is 5. The molecule has 104 valence electrons. The summed E-state index contributed by atoms with van der Waals surface area (Å²) in [6.45, 7) is 0.725. The van der Waals surface area contributed by atoms with Crippen LogP contribution in [0.1, 0.15) is 31.4 Å². The molecule has 0 amide bonds. The van der Waals surface area contributed by atoms with Gasteiger partial charge in [0.25, 0.3) is 10.0 Å². The monoisotopic (exact) mass is 276 g/mol. The maximum atomic E-state index is 11.8. The molecule has 1 heterocycles. The number of nitrogens with two attached hydrogens (primary N) is 1. The van der Waals surface area contributed by atoms with E-state index in [0.717, 1.165) is 25.7 Å². The lowest BCUT2D eigenvalue weighted by molar-refractivity contribution is 0.282. The number of aliphatic hydroxyl groups excluding tert-OH is 1. The van der Waals surface area contributed by atoms with Crippen LogP contribution < -0.4 is 10.5 Å². The van der Waals surface area contributed by atoms with Gasteiger partial charge in [-0.15, -0.1) is 0 Å². The Morgan fingerprint density at radius 3 is 2.56 bits per heavy atom. The summed E-state index contributed by atoms with van der Waals surface area (Å²) in [5.41, 5.74) is 5.35. The van der Waals surface area contributed by atoms with Gasteiger partial charge in [-0.05, 0) is 25.0 Å². The standard InChI is InChI=1S/C11H20N2O4S/c12-9-10-5-6-11(17-10)18(15,16)13-7-3-1-2-4-8-14/h5-6,13-14H,1-4,7-9,12H2. The van der Waals surface area contributed by atoms with E-state index in [1.807, 2.05) is 0 Å². The second kappa shape index (κ2) is 7.52. The fourth-order valence-electron chi connectivity index (χ4n) is 1.48. The molecule has 1 rings (SSSR count). The van der Waals surface area contributed by atoms with E-state index in [1.165, 1.54) is 6.07 Å². The van der Waals surface area contributed by atoms with Gasteiger partial charge in [0, 0.05) is 13.2 Å². The fraction of sp³-hybridized carbons (Fsp3) is 0.636. The zero-order valence-electron chi connectivity index (χ0n) is 10.3. The van der Waals surface area contributed by atoms with E-state index in [4.69, 9.17) is 15.3 Å². The van der Waals surface area contributed by atoms with Crippen molar-refractivity contribution in [2.45, 2.75) is 37.3 Å². The number of hydrogen-bond donors (Lipinski definition) is 3. The Morgan fingerprint density at radius 1 is 1.22 bits per heavy atom. The van der Waals surface area contributed by atoms with E-state index >= 15 is 0 Å². The lowest BCUT2D eigenvalue weighted by atomic mass is 10.2. The molecule has 0 aliphatic carbocycles. The van der Waals surface area contributed by atoms with Gasteiger partial charge in [0.15, 0.2) is 0 Å². The van der Waals surface area contributed by atoms with Crippen LogP contribution in [0, 0.1) is 0 Å². The van der Waals surface area contributed by atoms with Crippen LogP contribution in [0.15, 0.2) is 21.6 Å². The normalized spacial score (nSPS) is 11.9. The Kier molecular flexibility index (Phi) is 6.34. The zero-order chi connectivity index (χ0) is 13.4. The molecular weight excluding hydrogens is 256 g/mol. The van der Waals surface area contributed by atoms with E-state index in [-0.39, 0.29) is 18.2 Å². The molecule has 1 aromatic rings. The van der Waals surface area contributed by atoms with Crippen LogP contribution in [-0.4, -0.2) is 26.7 Å². The van der Waals surface area contributed by atoms with Crippen molar-refractivity contribution < 1.29 is 17.9 Å². The summed E-state index contributed by atoms with van der Waals surface area (Å²) in [7, 11) is -3.56. The summed E-state index contributed by atoms with van der Waals surface area (Å²) < 4.78 is 31.1. The quantitative estimate of drug-likeness (QED) is 0.572. The third-order valence-corrected chi connectivity index (χ3v) is 3.81. The molecule has 0 aliphatic heterocycles. The molecule has 0 aliphatic rings. The molecule has 0 saturated heterocycles. The van der Waals surface area contributed by atoms with Crippen molar-refractivity contribution in [2.24, 2.45) is 5.73 Å². The maximum absolute atomic E-state index is 11.8. The predicted molar refractivity (Wildman–Crippen MR) is 67.3 cm³/mol. The molecular formula is C11H20N2O4S. The summed E-state index contributed by atoms with van der Waals surface area (Å²) in [6.07, 6.45) is 3.28. The van der Waals surface area contributed by atoms with Crippen molar-refractivity contribution in [1.82, 2.24) is 4.72 Å². The van der Waals surface area contributed by atoms with Crippen LogP contribution >= 0.6 is 0 Å². The summed E-state index contributed by atoms with van der Waals surface area (Å²) in [5.74, 6) is 0.443. The smallest absolute Gasteiger partial charge is 0.273 e. The summed E-state index contributed by atoms with van der Waals surface area (Å²) >= 11 is 0. The molecule has 1 aromatic heterocycles. The first-order valence-electron chi connectivity index (χ1n) is 5.99. The largest absolute Gasteiger partial charge is 0.447 e. The number of rotatable bonds is 9. The minimum atomic E-state index is -3.56. The van der Waals surface area contributed by atoms with Gasteiger partial charge in [-0.3, -0.25) is 0 Å². The first kappa shape index (κ1) is 15.2. The molecule has 0 fully saturated rings. The number of unbranched alkanes of at least 4 members (excludes halogenated alkanes) is 3. The summed E-state index contributed by atoms with van der Waals surface area (Å²) in [4.78, 5) is 0. The van der Waals surface area contributed by atoms with Gasteiger partial charge >= 0.3 is 0 Å². The van der Waals surface area contributed by atoms with E-state index in [0.29, 0.717) is 12.3 Å². The minimum Gasteiger partial charge on any atom is -0.447 e. The van der Waals surface area contributed by atoms with Gasteiger partial charge in [-0.25, -0.2) is 13.1 Å². The maximum Gasteiger partial charge on any atom is 0.273 e. The third kappa shape index (κ3) is 4.77. The highest BCUT2D eigenvalue weighted by molar-refractivity contribution is 7.89. The highest BCUT2D eigenvalue weighted by atomic mass is 32.2. The predicted octanol–water partition coefficient (Wildman–Crippen LogP) is 0.569. The van der Waals surface area contributed by atoms with Crippen molar-refractivity contribution in [1.29, 1.82) is 0 Å². The van der Waals surface area contributed by atoms with Crippen molar-refractivity contribution in [3.8, 4) is 0 Å². The Balaban J connectivity index is 2.36. The number of aliphatic hydroxyl groups is 1. The van der Waals surface area contributed by atoms with Crippen LogP contribution in [0.5, 0.6) is 0 Å². The topological polar surface area (TPSA) is 106 Å². The van der Waals surface area contributed by atoms with Crippen molar-refractivity contribution in [3.63, 3.8) is 0 Å². The van der Waals surface area contributed by atoms with Gasteiger partial charge in [0.1, 0.15) is 5.76 Å². The van der Waals surface area contributed by atoms with Crippen molar-refractivity contribution in [2.75, 3.05) is 13.2 Å². The highest BCUT2D eigenvalue weighted by Gasteiger charge is 2.17. The molecule has 0 spiro atoms. The Morgan fingerprint density at radius 2 is 1.94 bits per heavy atom. The minimum absolute atomic E-state index is 0.0988. The molecule has 18 heavy (non-hydrogen) atoms.